The Hall–Kier alpha value is -1.36. The third kappa shape index (κ3) is 2.79. The van der Waals surface area contributed by atoms with Gasteiger partial charge in [0.05, 0.1) is 6.33 Å². The number of hydrogen-bond donors (Lipinski definition) is 2. The second kappa shape index (κ2) is 4.93. The van der Waals surface area contributed by atoms with Gasteiger partial charge in [0, 0.05) is 31.5 Å². The molecule has 1 fully saturated rings. The normalized spacial score (nSPS) is 20.4. The number of aromatic amines is 1. The molecular formula is C10H15N3O2. The third-order valence-electron chi connectivity index (χ3n) is 2.47. The van der Waals surface area contributed by atoms with Crippen molar-refractivity contribution in [1.29, 1.82) is 0 Å². The Kier molecular flexibility index (Phi) is 3.34. The molecule has 1 saturated heterocycles. The molecule has 15 heavy (non-hydrogen) atoms. The lowest BCUT2D eigenvalue weighted by Gasteiger charge is -2.09. The highest BCUT2D eigenvalue weighted by atomic mass is 16.5. The number of nitrogens with one attached hydrogen (secondary N) is 2. The van der Waals surface area contributed by atoms with Gasteiger partial charge in [-0.1, -0.05) is 0 Å². The summed E-state index contributed by atoms with van der Waals surface area (Å²) in [6.07, 6.45) is 5.77. The maximum atomic E-state index is 11.5. The van der Waals surface area contributed by atoms with E-state index < -0.39 is 0 Å². The van der Waals surface area contributed by atoms with Crippen LogP contribution in [0.15, 0.2) is 12.5 Å². The molecule has 0 aliphatic carbocycles. The Morgan fingerprint density at radius 3 is 3.33 bits per heavy atom. The number of nitrogens with zero attached hydrogens (tertiary/aromatic N) is 1. The lowest BCUT2D eigenvalue weighted by Crippen LogP contribution is -2.35. The summed E-state index contributed by atoms with van der Waals surface area (Å²) in [4.78, 5) is 18.4. The molecule has 5 nitrogen and oxygen atoms in total. The molecule has 2 heterocycles. The van der Waals surface area contributed by atoms with Gasteiger partial charge in [-0.2, -0.15) is 0 Å². The number of hydrogen-bond acceptors (Lipinski definition) is 3. The van der Waals surface area contributed by atoms with E-state index >= 15 is 0 Å². The second-order valence-electron chi connectivity index (χ2n) is 3.62. The van der Waals surface area contributed by atoms with Gasteiger partial charge in [0.15, 0.2) is 0 Å². The minimum absolute atomic E-state index is 0.00650. The first-order chi connectivity index (χ1) is 7.36. The summed E-state index contributed by atoms with van der Waals surface area (Å²) in [5.41, 5.74) is 1.03. The summed E-state index contributed by atoms with van der Waals surface area (Å²) in [6.45, 7) is 1.33. The molecule has 0 unspecified atom stereocenters. The van der Waals surface area contributed by atoms with Gasteiger partial charge in [0.2, 0.25) is 5.91 Å². The number of carbonyl (C=O) groups is 1. The van der Waals surface area contributed by atoms with Crippen LogP contribution >= 0.6 is 0 Å². The molecule has 1 atom stereocenters. The van der Waals surface area contributed by atoms with Crippen LogP contribution in [-0.2, 0) is 16.0 Å². The van der Waals surface area contributed by atoms with E-state index in [1.807, 2.05) is 0 Å². The Bertz CT molecular complexity index is 304. The highest BCUT2D eigenvalue weighted by Crippen LogP contribution is 2.11. The van der Waals surface area contributed by atoms with Gasteiger partial charge in [-0.25, -0.2) is 4.98 Å². The number of H-pyrrole nitrogens is 1. The predicted octanol–water partition coefficient (Wildman–Crippen LogP) is 0.247. The van der Waals surface area contributed by atoms with E-state index in [0.29, 0.717) is 13.2 Å². The van der Waals surface area contributed by atoms with Gasteiger partial charge in [0.1, 0.15) is 6.10 Å². The quantitative estimate of drug-likeness (QED) is 0.746. The molecule has 0 spiro atoms. The fourth-order valence-electron chi connectivity index (χ4n) is 1.64. The molecule has 2 rings (SSSR count). The van der Waals surface area contributed by atoms with Gasteiger partial charge < -0.3 is 15.0 Å². The van der Waals surface area contributed by atoms with E-state index in [0.717, 1.165) is 25.0 Å². The van der Waals surface area contributed by atoms with Gasteiger partial charge in [0.25, 0.3) is 0 Å². The largest absolute Gasteiger partial charge is 0.368 e. The van der Waals surface area contributed by atoms with E-state index in [2.05, 4.69) is 15.3 Å². The molecule has 0 radical (unpaired) electrons. The van der Waals surface area contributed by atoms with E-state index in [-0.39, 0.29) is 12.0 Å². The summed E-state index contributed by atoms with van der Waals surface area (Å²) < 4.78 is 5.27. The first kappa shape index (κ1) is 10.2. The lowest BCUT2D eigenvalue weighted by molar-refractivity contribution is -0.129. The van der Waals surface area contributed by atoms with Crippen LogP contribution in [0.5, 0.6) is 0 Å². The van der Waals surface area contributed by atoms with Gasteiger partial charge in [-0.15, -0.1) is 0 Å². The van der Waals surface area contributed by atoms with Gasteiger partial charge >= 0.3 is 0 Å². The molecular weight excluding hydrogens is 194 g/mol. The molecule has 1 aromatic rings. The van der Waals surface area contributed by atoms with Crippen molar-refractivity contribution in [2.75, 3.05) is 13.2 Å². The van der Waals surface area contributed by atoms with E-state index in [4.69, 9.17) is 4.74 Å². The molecule has 82 valence electrons. The fraction of sp³-hybridized carbons (Fsp3) is 0.600. The minimum Gasteiger partial charge on any atom is -0.368 e. The van der Waals surface area contributed by atoms with Crippen LogP contribution in [0.4, 0.5) is 0 Å². The van der Waals surface area contributed by atoms with Crippen molar-refractivity contribution in [3.63, 3.8) is 0 Å². The molecule has 0 bridgehead atoms. The SMILES string of the molecule is O=C(NCCc1cnc[nH]1)[C@H]1CCCO1. The summed E-state index contributed by atoms with van der Waals surface area (Å²) in [5, 5.41) is 2.85. The Morgan fingerprint density at radius 2 is 2.67 bits per heavy atom. The molecule has 0 aromatic carbocycles. The lowest BCUT2D eigenvalue weighted by atomic mass is 10.2. The first-order valence-corrected chi connectivity index (χ1v) is 5.23. The number of aromatic nitrogens is 2. The van der Waals surface area contributed by atoms with Crippen LogP contribution in [-0.4, -0.2) is 35.1 Å². The van der Waals surface area contributed by atoms with Gasteiger partial charge in [-0.3, -0.25) is 4.79 Å². The second-order valence-corrected chi connectivity index (χ2v) is 3.62. The van der Waals surface area contributed by atoms with Crippen molar-refractivity contribution in [3.05, 3.63) is 18.2 Å². The topological polar surface area (TPSA) is 67.0 Å². The van der Waals surface area contributed by atoms with Crippen LogP contribution in [0.3, 0.4) is 0 Å². The highest BCUT2D eigenvalue weighted by molar-refractivity contribution is 5.80. The summed E-state index contributed by atoms with van der Waals surface area (Å²) >= 11 is 0. The van der Waals surface area contributed by atoms with Gasteiger partial charge in [-0.05, 0) is 12.8 Å². The van der Waals surface area contributed by atoms with Crippen molar-refractivity contribution < 1.29 is 9.53 Å². The molecule has 1 aromatic heterocycles. The Labute approximate surface area is 88.2 Å². The number of rotatable bonds is 4. The standard InChI is InChI=1S/C10H15N3O2/c14-10(9-2-1-5-15-9)12-4-3-8-6-11-7-13-8/h6-7,9H,1-5H2,(H,11,13)(H,12,14)/t9-/m1/s1. The average molecular weight is 209 g/mol. The fourth-order valence-corrected chi connectivity index (χ4v) is 1.64. The summed E-state index contributed by atoms with van der Waals surface area (Å²) in [7, 11) is 0. The van der Waals surface area contributed by atoms with Crippen LogP contribution in [0.2, 0.25) is 0 Å². The van der Waals surface area contributed by atoms with E-state index in [1.165, 1.54) is 0 Å². The number of amides is 1. The monoisotopic (exact) mass is 209 g/mol. The van der Waals surface area contributed by atoms with Crippen molar-refractivity contribution >= 4 is 5.91 Å². The molecule has 1 amide bonds. The van der Waals surface area contributed by atoms with Crippen LogP contribution in [0.25, 0.3) is 0 Å². The molecule has 5 heteroatoms. The molecule has 1 aliphatic heterocycles. The smallest absolute Gasteiger partial charge is 0.249 e. The number of imidazole rings is 1. The predicted molar refractivity (Wildman–Crippen MR) is 54.3 cm³/mol. The molecule has 2 N–H and O–H groups in total. The van der Waals surface area contributed by atoms with E-state index in [9.17, 15) is 4.79 Å². The zero-order valence-corrected chi connectivity index (χ0v) is 8.53. The molecule has 1 aliphatic rings. The number of carbonyl (C=O) groups excluding carboxylic acids is 1. The van der Waals surface area contributed by atoms with Crippen LogP contribution in [0.1, 0.15) is 18.5 Å². The average Bonchev–Trinajstić information content (AvgIpc) is 2.90. The van der Waals surface area contributed by atoms with E-state index in [1.54, 1.807) is 12.5 Å². The third-order valence-corrected chi connectivity index (χ3v) is 2.47. The summed E-state index contributed by atoms with van der Waals surface area (Å²) in [6, 6.07) is 0. The number of ether oxygens (including phenoxy) is 1. The van der Waals surface area contributed by atoms with Crippen LogP contribution in [0, 0.1) is 0 Å². The minimum atomic E-state index is -0.230. The summed E-state index contributed by atoms with van der Waals surface area (Å²) in [5.74, 6) is 0.00650. The van der Waals surface area contributed by atoms with Crippen molar-refractivity contribution in [2.24, 2.45) is 0 Å². The first-order valence-electron chi connectivity index (χ1n) is 5.23. The van der Waals surface area contributed by atoms with Crippen LogP contribution < -0.4 is 5.32 Å². The molecule has 0 saturated carbocycles. The zero-order valence-electron chi connectivity index (χ0n) is 8.53. The Balaban J connectivity index is 1.67. The maximum absolute atomic E-state index is 11.5. The maximum Gasteiger partial charge on any atom is 0.249 e. The van der Waals surface area contributed by atoms with Crippen molar-refractivity contribution in [2.45, 2.75) is 25.4 Å². The zero-order chi connectivity index (χ0) is 10.5. The highest BCUT2D eigenvalue weighted by Gasteiger charge is 2.22. The van der Waals surface area contributed by atoms with Crippen molar-refractivity contribution in [3.8, 4) is 0 Å². The van der Waals surface area contributed by atoms with Crippen molar-refractivity contribution in [1.82, 2.24) is 15.3 Å². The Morgan fingerprint density at radius 1 is 1.73 bits per heavy atom.